The highest BCUT2D eigenvalue weighted by atomic mass is 32.2. The number of ether oxygens (including phenoxy) is 1. The van der Waals surface area contributed by atoms with E-state index in [1.807, 2.05) is 25.1 Å². The fourth-order valence-corrected chi connectivity index (χ4v) is 5.06. The number of anilines is 1. The number of hydrogen-bond acceptors (Lipinski definition) is 6. The Morgan fingerprint density at radius 3 is 2.85 bits per heavy atom. The number of nitrogens with one attached hydrogen (secondary N) is 1. The number of H-pyrrole nitrogens is 1. The predicted octanol–water partition coefficient (Wildman–Crippen LogP) is 3.29. The lowest BCUT2D eigenvalue weighted by molar-refractivity contribution is -0.116. The number of aryl methyl sites for hydroxylation is 1. The van der Waals surface area contributed by atoms with Crippen molar-refractivity contribution in [3.05, 3.63) is 81.0 Å². The van der Waals surface area contributed by atoms with Crippen LogP contribution in [0, 0.1) is 12.7 Å². The molecule has 0 aliphatic carbocycles. The molecule has 0 spiro atoms. The number of aromatic nitrogens is 2. The van der Waals surface area contributed by atoms with Crippen LogP contribution in [0.5, 0.6) is 5.75 Å². The third-order valence-corrected chi connectivity index (χ3v) is 6.91. The molecule has 2 aliphatic rings. The normalized spacial score (nSPS) is 15.4. The fourth-order valence-electron chi connectivity index (χ4n) is 4.30. The number of fused-ring (bicyclic) bond motifs is 2. The van der Waals surface area contributed by atoms with Crippen LogP contribution in [-0.4, -0.2) is 46.2 Å². The third kappa shape index (κ3) is 4.85. The van der Waals surface area contributed by atoms with E-state index in [-0.39, 0.29) is 23.0 Å². The first-order valence-corrected chi connectivity index (χ1v) is 12.2. The monoisotopic (exact) mass is 480 g/mol. The second kappa shape index (κ2) is 9.60. The summed E-state index contributed by atoms with van der Waals surface area (Å²) in [5, 5.41) is 0.460. The van der Waals surface area contributed by atoms with E-state index >= 15 is 0 Å². The number of carbonyl (C=O) groups is 1. The molecule has 5 rings (SSSR count). The van der Waals surface area contributed by atoms with Gasteiger partial charge in [0.05, 0.1) is 29.2 Å². The molecule has 34 heavy (non-hydrogen) atoms. The van der Waals surface area contributed by atoms with Gasteiger partial charge in [-0.05, 0) is 42.3 Å². The van der Waals surface area contributed by atoms with E-state index in [0.717, 1.165) is 29.1 Å². The summed E-state index contributed by atoms with van der Waals surface area (Å²) in [7, 11) is 0. The molecule has 2 aromatic carbocycles. The molecule has 7 nitrogen and oxygen atoms in total. The molecule has 2 aliphatic heterocycles. The van der Waals surface area contributed by atoms with Gasteiger partial charge < -0.3 is 14.6 Å². The molecule has 0 saturated carbocycles. The van der Waals surface area contributed by atoms with Gasteiger partial charge in [0.2, 0.25) is 5.91 Å². The topological polar surface area (TPSA) is 78.5 Å². The molecular weight excluding hydrogens is 455 g/mol. The van der Waals surface area contributed by atoms with E-state index < -0.39 is 0 Å². The minimum Gasteiger partial charge on any atom is -0.490 e. The quantitative estimate of drug-likeness (QED) is 0.446. The van der Waals surface area contributed by atoms with Gasteiger partial charge in [0.25, 0.3) is 5.56 Å². The molecule has 0 saturated heterocycles. The minimum atomic E-state index is -0.259. The van der Waals surface area contributed by atoms with Crippen molar-refractivity contribution in [2.45, 2.75) is 31.6 Å². The molecule has 1 N–H and O–H groups in total. The van der Waals surface area contributed by atoms with Crippen molar-refractivity contribution in [2.24, 2.45) is 0 Å². The highest BCUT2D eigenvalue weighted by Crippen LogP contribution is 2.33. The minimum absolute atomic E-state index is 0.0500. The summed E-state index contributed by atoms with van der Waals surface area (Å²) < 4.78 is 18.8. The summed E-state index contributed by atoms with van der Waals surface area (Å²) in [6.07, 6.45) is 0.651. The van der Waals surface area contributed by atoms with Crippen molar-refractivity contribution in [2.75, 3.05) is 30.3 Å². The molecule has 0 fully saturated rings. The lowest BCUT2D eigenvalue weighted by Gasteiger charge is -2.30. The van der Waals surface area contributed by atoms with E-state index in [1.165, 1.54) is 23.9 Å². The molecule has 1 amide bonds. The molecule has 176 valence electrons. The maximum absolute atomic E-state index is 13.2. The summed E-state index contributed by atoms with van der Waals surface area (Å²) in [6.45, 7) is 4.82. The van der Waals surface area contributed by atoms with Gasteiger partial charge in [-0.1, -0.05) is 30.0 Å². The zero-order valence-electron chi connectivity index (χ0n) is 18.8. The average molecular weight is 481 g/mol. The van der Waals surface area contributed by atoms with Crippen LogP contribution in [0.2, 0.25) is 0 Å². The molecule has 3 aromatic rings. The van der Waals surface area contributed by atoms with Gasteiger partial charge in [0, 0.05) is 26.1 Å². The molecule has 0 atom stereocenters. The summed E-state index contributed by atoms with van der Waals surface area (Å²) >= 11 is 1.24. The first kappa shape index (κ1) is 22.6. The number of halogens is 1. The second-order valence-electron chi connectivity index (χ2n) is 8.54. The largest absolute Gasteiger partial charge is 0.490 e. The summed E-state index contributed by atoms with van der Waals surface area (Å²) in [6, 6.07) is 12.2. The van der Waals surface area contributed by atoms with E-state index in [2.05, 4.69) is 14.9 Å². The van der Waals surface area contributed by atoms with Crippen LogP contribution < -0.4 is 15.2 Å². The van der Waals surface area contributed by atoms with Crippen LogP contribution in [0.15, 0.2) is 52.4 Å². The maximum Gasteiger partial charge on any atom is 0.256 e. The average Bonchev–Trinajstić information content (AvgIpc) is 2.84. The van der Waals surface area contributed by atoms with E-state index in [4.69, 9.17) is 4.74 Å². The Morgan fingerprint density at radius 1 is 1.21 bits per heavy atom. The predicted molar refractivity (Wildman–Crippen MR) is 129 cm³/mol. The molecule has 0 unspecified atom stereocenters. The lowest BCUT2D eigenvalue weighted by Crippen LogP contribution is -2.39. The standard InChI is InChI=1S/C25H25FN4O3S/c1-16-2-7-22-21(12-16)30(10-11-33-22)23(31)15-34-25-27-20-8-9-29(14-19(20)24(32)28-25)13-17-3-5-18(26)6-4-17/h2-7,12H,8-11,13-15H2,1H3,(H,27,28,32). The Morgan fingerprint density at radius 2 is 2.03 bits per heavy atom. The second-order valence-corrected chi connectivity index (χ2v) is 9.50. The van der Waals surface area contributed by atoms with Crippen LogP contribution in [0.4, 0.5) is 10.1 Å². The van der Waals surface area contributed by atoms with Gasteiger partial charge in [0.15, 0.2) is 5.16 Å². The molecule has 3 heterocycles. The van der Waals surface area contributed by atoms with Crippen LogP contribution in [-0.2, 0) is 24.3 Å². The van der Waals surface area contributed by atoms with Gasteiger partial charge in [-0.3, -0.25) is 14.5 Å². The fraction of sp³-hybridized carbons (Fsp3) is 0.320. The van der Waals surface area contributed by atoms with Crippen molar-refractivity contribution < 1.29 is 13.9 Å². The molecular formula is C25H25FN4O3S. The van der Waals surface area contributed by atoms with Gasteiger partial charge in [-0.15, -0.1) is 0 Å². The zero-order valence-corrected chi connectivity index (χ0v) is 19.7. The zero-order chi connectivity index (χ0) is 23.7. The first-order chi connectivity index (χ1) is 16.5. The number of benzene rings is 2. The van der Waals surface area contributed by atoms with Crippen LogP contribution >= 0.6 is 11.8 Å². The van der Waals surface area contributed by atoms with Gasteiger partial charge in [-0.2, -0.15) is 0 Å². The van der Waals surface area contributed by atoms with Crippen molar-refractivity contribution in [1.82, 2.24) is 14.9 Å². The molecule has 0 bridgehead atoms. The summed E-state index contributed by atoms with van der Waals surface area (Å²) in [4.78, 5) is 37.1. The van der Waals surface area contributed by atoms with Crippen molar-refractivity contribution >= 4 is 23.4 Å². The lowest BCUT2D eigenvalue weighted by atomic mass is 10.1. The summed E-state index contributed by atoms with van der Waals surface area (Å²) in [5.74, 6) is 0.572. The number of carbonyl (C=O) groups excluding carboxylic acids is 1. The number of amides is 1. The number of rotatable bonds is 5. The Balaban J connectivity index is 1.24. The summed E-state index contributed by atoms with van der Waals surface area (Å²) in [5.41, 5.74) is 4.10. The van der Waals surface area contributed by atoms with E-state index in [1.54, 1.807) is 17.0 Å². The van der Waals surface area contributed by atoms with Crippen molar-refractivity contribution in [3.63, 3.8) is 0 Å². The van der Waals surface area contributed by atoms with Crippen LogP contribution in [0.1, 0.15) is 22.4 Å². The van der Waals surface area contributed by atoms with Crippen molar-refractivity contribution in [3.8, 4) is 5.75 Å². The molecule has 0 radical (unpaired) electrons. The van der Waals surface area contributed by atoms with Gasteiger partial charge in [-0.25, -0.2) is 9.37 Å². The van der Waals surface area contributed by atoms with Crippen LogP contribution in [0.3, 0.4) is 0 Å². The highest BCUT2D eigenvalue weighted by Gasteiger charge is 2.25. The number of nitrogens with zero attached hydrogens (tertiary/aromatic N) is 3. The van der Waals surface area contributed by atoms with Gasteiger partial charge in [0.1, 0.15) is 18.2 Å². The third-order valence-electron chi connectivity index (χ3n) is 6.06. The Bertz CT molecular complexity index is 1280. The smallest absolute Gasteiger partial charge is 0.256 e. The SMILES string of the molecule is Cc1ccc2c(c1)N(C(=O)CSc1nc3c(c(=O)[nH]1)CN(Cc1ccc(F)cc1)CC3)CCO2. The number of hydrogen-bond donors (Lipinski definition) is 1. The van der Waals surface area contributed by atoms with Crippen molar-refractivity contribution in [1.29, 1.82) is 0 Å². The van der Waals surface area contributed by atoms with E-state index in [0.29, 0.717) is 49.1 Å². The van der Waals surface area contributed by atoms with Crippen LogP contribution in [0.25, 0.3) is 0 Å². The molecule has 9 heteroatoms. The van der Waals surface area contributed by atoms with Gasteiger partial charge >= 0.3 is 0 Å². The Labute approximate surface area is 201 Å². The Hall–Kier alpha value is -3.17. The first-order valence-electron chi connectivity index (χ1n) is 11.2. The highest BCUT2D eigenvalue weighted by molar-refractivity contribution is 7.99. The maximum atomic E-state index is 13.2. The molecule has 1 aromatic heterocycles. The Kier molecular flexibility index (Phi) is 6.38. The van der Waals surface area contributed by atoms with E-state index in [9.17, 15) is 14.0 Å². The number of thioether (sulfide) groups is 1. The number of aromatic amines is 1.